The number of aryl methyl sites for hydroxylation is 1. The number of hydrogen-bond acceptors (Lipinski definition) is 4. The standard InChI is InChI=1S/C15H15ClN4/c1-3-20(10-13-6-4-5-11(2)18-13)15-8-12(9-17)7-14(16)19-15/h4-8H,3,10H2,1-2H3. The van der Waals surface area contributed by atoms with Gasteiger partial charge in [0.2, 0.25) is 0 Å². The highest BCUT2D eigenvalue weighted by Crippen LogP contribution is 2.19. The number of rotatable bonds is 4. The molecule has 0 saturated heterocycles. The summed E-state index contributed by atoms with van der Waals surface area (Å²) in [5.74, 6) is 0.694. The van der Waals surface area contributed by atoms with Gasteiger partial charge in [0.25, 0.3) is 0 Å². The van der Waals surface area contributed by atoms with Crippen molar-refractivity contribution in [2.24, 2.45) is 0 Å². The van der Waals surface area contributed by atoms with Crippen molar-refractivity contribution in [3.05, 3.63) is 52.4 Å². The molecule has 2 aromatic rings. The minimum Gasteiger partial charge on any atom is -0.351 e. The van der Waals surface area contributed by atoms with Crippen LogP contribution in [0.3, 0.4) is 0 Å². The molecule has 2 rings (SSSR count). The molecule has 0 spiro atoms. The van der Waals surface area contributed by atoms with Gasteiger partial charge in [-0.05, 0) is 38.1 Å². The third-order valence-corrected chi connectivity index (χ3v) is 3.11. The maximum Gasteiger partial charge on any atom is 0.132 e. The molecule has 0 amide bonds. The molecule has 0 bridgehead atoms. The molecule has 0 N–H and O–H groups in total. The molecule has 4 nitrogen and oxygen atoms in total. The first kappa shape index (κ1) is 14.3. The first-order chi connectivity index (χ1) is 9.62. The first-order valence-electron chi connectivity index (χ1n) is 6.37. The molecular weight excluding hydrogens is 272 g/mol. The summed E-state index contributed by atoms with van der Waals surface area (Å²) in [5, 5.41) is 9.33. The molecule has 0 aliphatic carbocycles. The second-order valence-corrected chi connectivity index (χ2v) is 4.82. The normalized spacial score (nSPS) is 10.1. The molecule has 102 valence electrons. The van der Waals surface area contributed by atoms with E-state index in [1.807, 2.05) is 36.9 Å². The van der Waals surface area contributed by atoms with Crippen LogP contribution in [0.25, 0.3) is 0 Å². The molecule has 0 unspecified atom stereocenters. The van der Waals surface area contributed by atoms with Gasteiger partial charge in [0.05, 0.1) is 23.9 Å². The maximum absolute atomic E-state index is 9.00. The summed E-state index contributed by atoms with van der Waals surface area (Å²) in [6, 6.07) is 11.3. The van der Waals surface area contributed by atoms with E-state index in [1.54, 1.807) is 12.1 Å². The molecule has 2 heterocycles. The molecule has 0 aliphatic rings. The number of nitrogens with zero attached hydrogens (tertiary/aromatic N) is 4. The minimum absolute atomic E-state index is 0.328. The summed E-state index contributed by atoms with van der Waals surface area (Å²) in [7, 11) is 0. The van der Waals surface area contributed by atoms with Crippen molar-refractivity contribution in [3.8, 4) is 6.07 Å². The van der Waals surface area contributed by atoms with E-state index < -0.39 is 0 Å². The molecule has 0 saturated carbocycles. The number of hydrogen-bond donors (Lipinski definition) is 0. The van der Waals surface area contributed by atoms with Gasteiger partial charge in [-0.3, -0.25) is 4.98 Å². The van der Waals surface area contributed by atoms with Crippen LogP contribution >= 0.6 is 11.6 Å². The van der Waals surface area contributed by atoms with Crippen molar-refractivity contribution in [1.29, 1.82) is 5.26 Å². The van der Waals surface area contributed by atoms with Crippen LogP contribution in [0.4, 0.5) is 5.82 Å². The van der Waals surface area contributed by atoms with Crippen LogP contribution in [-0.4, -0.2) is 16.5 Å². The van der Waals surface area contributed by atoms with Gasteiger partial charge in [0.15, 0.2) is 0 Å². The van der Waals surface area contributed by atoms with Gasteiger partial charge in [0, 0.05) is 12.2 Å². The largest absolute Gasteiger partial charge is 0.351 e. The Hall–Kier alpha value is -2.12. The highest BCUT2D eigenvalue weighted by atomic mass is 35.5. The average molecular weight is 287 g/mol. The van der Waals surface area contributed by atoms with E-state index in [0.717, 1.165) is 17.9 Å². The van der Waals surface area contributed by atoms with E-state index >= 15 is 0 Å². The molecule has 5 heteroatoms. The zero-order valence-corrected chi connectivity index (χ0v) is 12.2. The summed E-state index contributed by atoms with van der Waals surface area (Å²) in [5.41, 5.74) is 2.46. The van der Waals surface area contributed by atoms with Crippen molar-refractivity contribution in [2.45, 2.75) is 20.4 Å². The van der Waals surface area contributed by atoms with Gasteiger partial charge in [-0.25, -0.2) is 4.98 Å². The van der Waals surface area contributed by atoms with E-state index in [-0.39, 0.29) is 0 Å². The van der Waals surface area contributed by atoms with E-state index in [9.17, 15) is 0 Å². The van der Waals surface area contributed by atoms with Gasteiger partial charge in [-0.2, -0.15) is 5.26 Å². The molecule has 20 heavy (non-hydrogen) atoms. The second-order valence-electron chi connectivity index (χ2n) is 4.43. The van der Waals surface area contributed by atoms with E-state index in [2.05, 4.69) is 16.0 Å². The van der Waals surface area contributed by atoms with Crippen LogP contribution in [0.2, 0.25) is 5.15 Å². The lowest BCUT2D eigenvalue weighted by atomic mass is 10.2. The van der Waals surface area contributed by atoms with Crippen LogP contribution in [0.1, 0.15) is 23.9 Å². The Morgan fingerprint density at radius 1 is 1.30 bits per heavy atom. The number of nitriles is 1. The minimum atomic E-state index is 0.328. The number of halogens is 1. The van der Waals surface area contributed by atoms with Gasteiger partial charge in [0.1, 0.15) is 11.0 Å². The lowest BCUT2D eigenvalue weighted by molar-refractivity contribution is 0.790. The Morgan fingerprint density at radius 3 is 2.75 bits per heavy atom. The molecule has 0 fully saturated rings. The van der Waals surface area contributed by atoms with Crippen LogP contribution in [0.15, 0.2) is 30.3 Å². The van der Waals surface area contributed by atoms with Crippen LogP contribution in [0.5, 0.6) is 0 Å². The fourth-order valence-electron chi connectivity index (χ4n) is 1.95. The highest BCUT2D eigenvalue weighted by molar-refractivity contribution is 6.29. The fraction of sp³-hybridized carbons (Fsp3) is 0.267. The fourth-order valence-corrected chi connectivity index (χ4v) is 2.15. The summed E-state index contributed by atoms with van der Waals surface area (Å²) in [4.78, 5) is 10.8. The lowest BCUT2D eigenvalue weighted by Crippen LogP contribution is -2.24. The van der Waals surface area contributed by atoms with E-state index in [4.69, 9.17) is 16.9 Å². The van der Waals surface area contributed by atoms with Crippen molar-refractivity contribution in [3.63, 3.8) is 0 Å². The topological polar surface area (TPSA) is 52.8 Å². The molecule has 0 aromatic carbocycles. The van der Waals surface area contributed by atoms with Crippen molar-refractivity contribution < 1.29 is 0 Å². The van der Waals surface area contributed by atoms with Gasteiger partial charge >= 0.3 is 0 Å². The average Bonchev–Trinajstić information content (AvgIpc) is 2.44. The Kier molecular flexibility index (Phi) is 4.54. The number of pyridine rings is 2. The molecular formula is C15H15ClN4. The van der Waals surface area contributed by atoms with Gasteiger partial charge in [-0.15, -0.1) is 0 Å². The highest BCUT2D eigenvalue weighted by Gasteiger charge is 2.10. The maximum atomic E-state index is 9.00. The SMILES string of the molecule is CCN(Cc1cccc(C)n1)c1cc(C#N)cc(Cl)n1. The van der Waals surface area contributed by atoms with Gasteiger partial charge in [-0.1, -0.05) is 17.7 Å². The van der Waals surface area contributed by atoms with Gasteiger partial charge < -0.3 is 4.90 Å². The molecule has 0 atom stereocenters. The number of anilines is 1. The summed E-state index contributed by atoms with van der Waals surface area (Å²) < 4.78 is 0. The predicted molar refractivity (Wildman–Crippen MR) is 79.7 cm³/mol. The third-order valence-electron chi connectivity index (χ3n) is 2.91. The van der Waals surface area contributed by atoms with Crippen molar-refractivity contribution in [2.75, 3.05) is 11.4 Å². The quantitative estimate of drug-likeness (QED) is 0.809. The smallest absolute Gasteiger partial charge is 0.132 e. The Balaban J connectivity index is 2.29. The zero-order chi connectivity index (χ0) is 14.5. The van der Waals surface area contributed by atoms with Crippen molar-refractivity contribution in [1.82, 2.24) is 9.97 Å². The number of aromatic nitrogens is 2. The molecule has 0 aliphatic heterocycles. The third kappa shape index (κ3) is 3.46. The van der Waals surface area contributed by atoms with E-state index in [0.29, 0.717) is 23.1 Å². The zero-order valence-electron chi connectivity index (χ0n) is 11.5. The van der Waals surface area contributed by atoms with Crippen molar-refractivity contribution >= 4 is 17.4 Å². The summed E-state index contributed by atoms with van der Waals surface area (Å²) in [6.07, 6.45) is 0. The summed E-state index contributed by atoms with van der Waals surface area (Å²) in [6.45, 7) is 5.39. The Labute approximate surface area is 123 Å². The first-order valence-corrected chi connectivity index (χ1v) is 6.75. The second kappa shape index (κ2) is 6.36. The monoisotopic (exact) mass is 286 g/mol. The Bertz CT molecular complexity index is 649. The van der Waals surface area contributed by atoms with E-state index in [1.165, 1.54) is 0 Å². The van der Waals surface area contributed by atoms with Crippen LogP contribution < -0.4 is 4.90 Å². The Morgan fingerprint density at radius 2 is 2.10 bits per heavy atom. The molecule has 0 radical (unpaired) electrons. The summed E-state index contributed by atoms with van der Waals surface area (Å²) >= 11 is 5.95. The predicted octanol–water partition coefficient (Wildman–Crippen LogP) is 3.34. The molecule has 2 aromatic heterocycles. The lowest BCUT2D eigenvalue weighted by Gasteiger charge is -2.22. The van der Waals surface area contributed by atoms with Crippen LogP contribution in [0, 0.1) is 18.3 Å². The van der Waals surface area contributed by atoms with Crippen LogP contribution in [-0.2, 0) is 6.54 Å².